The van der Waals surface area contributed by atoms with E-state index >= 15 is 0 Å². The van der Waals surface area contributed by atoms with Crippen molar-refractivity contribution in [2.75, 3.05) is 0 Å². The highest BCUT2D eigenvalue weighted by molar-refractivity contribution is 5.66. The smallest absolute Gasteiger partial charge is 0.303 e. The summed E-state index contributed by atoms with van der Waals surface area (Å²) < 4.78 is 0. The van der Waals surface area contributed by atoms with Crippen LogP contribution < -0.4 is 0 Å². The van der Waals surface area contributed by atoms with Crippen LogP contribution in [0.15, 0.2) is 36.4 Å². The maximum Gasteiger partial charge on any atom is 0.303 e. The van der Waals surface area contributed by atoms with Crippen molar-refractivity contribution in [2.45, 2.75) is 89.3 Å². The number of aliphatic hydroxyl groups excluding tert-OH is 2. The number of hydrogen-bond acceptors (Lipinski definition) is 3. The third-order valence-corrected chi connectivity index (χ3v) is 5.91. The Morgan fingerprint density at radius 1 is 1.14 bits per heavy atom. The highest BCUT2D eigenvalue weighted by atomic mass is 16.4. The van der Waals surface area contributed by atoms with Crippen LogP contribution in [-0.2, 0) is 4.79 Å². The lowest BCUT2D eigenvalue weighted by Crippen LogP contribution is -2.17. The number of carbonyl (C=O) groups is 1. The lowest BCUT2D eigenvalue weighted by Gasteiger charge is -2.22. The summed E-state index contributed by atoms with van der Waals surface area (Å²) in [6.07, 6.45) is 12.1. The molecule has 0 spiro atoms. The van der Waals surface area contributed by atoms with Gasteiger partial charge in [-0.2, -0.15) is 0 Å². The van der Waals surface area contributed by atoms with Crippen LogP contribution in [0.2, 0.25) is 0 Å². The van der Waals surface area contributed by atoms with Crippen LogP contribution in [-0.4, -0.2) is 27.4 Å². The van der Waals surface area contributed by atoms with Gasteiger partial charge in [-0.3, -0.25) is 4.79 Å². The van der Waals surface area contributed by atoms with Gasteiger partial charge in [-0.25, -0.2) is 0 Å². The molecule has 0 saturated heterocycles. The Morgan fingerprint density at radius 2 is 1.89 bits per heavy atom. The van der Waals surface area contributed by atoms with Crippen molar-refractivity contribution in [1.29, 1.82) is 0 Å². The van der Waals surface area contributed by atoms with E-state index in [0.29, 0.717) is 12.3 Å². The summed E-state index contributed by atoms with van der Waals surface area (Å²) >= 11 is 0. The van der Waals surface area contributed by atoms with E-state index in [1.807, 2.05) is 12.1 Å². The van der Waals surface area contributed by atoms with Crippen LogP contribution in [0, 0.1) is 5.92 Å². The molecule has 1 aromatic rings. The molecule has 0 aliphatic heterocycles. The largest absolute Gasteiger partial charge is 0.481 e. The van der Waals surface area contributed by atoms with Crippen molar-refractivity contribution in [3.05, 3.63) is 47.5 Å². The summed E-state index contributed by atoms with van der Waals surface area (Å²) in [7, 11) is 0. The predicted octanol–water partition coefficient (Wildman–Crippen LogP) is 5.36. The highest BCUT2D eigenvalue weighted by Crippen LogP contribution is 2.42. The maximum atomic E-state index is 10.5. The summed E-state index contributed by atoms with van der Waals surface area (Å²) in [5.74, 6) is -0.202. The molecule has 1 aliphatic carbocycles. The lowest BCUT2D eigenvalue weighted by atomic mass is 9.85. The molecule has 4 atom stereocenters. The maximum absolute atomic E-state index is 10.5. The molecule has 0 aromatic heterocycles. The van der Waals surface area contributed by atoms with Crippen LogP contribution in [0.25, 0.3) is 0 Å². The number of rotatable bonds is 12. The Morgan fingerprint density at radius 3 is 2.57 bits per heavy atom. The lowest BCUT2D eigenvalue weighted by molar-refractivity contribution is -0.137. The van der Waals surface area contributed by atoms with E-state index in [0.717, 1.165) is 62.5 Å². The molecule has 2 rings (SSSR count). The third-order valence-electron chi connectivity index (χ3n) is 5.91. The molecule has 0 heterocycles. The second-order valence-corrected chi connectivity index (χ2v) is 8.10. The van der Waals surface area contributed by atoms with Gasteiger partial charge in [0, 0.05) is 12.3 Å². The zero-order valence-electron chi connectivity index (χ0n) is 17.1. The van der Waals surface area contributed by atoms with E-state index in [9.17, 15) is 15.0 Å². The third kappa shape index (κ3) is 7.06. The van der Waals surface area contributed by atoms with Crippen LogP contribution >= 0.6 is 0 Å². The molecule has 4 nitrogen and oxygen atoms in total. The molecule has 1 aliphatic rings. The van der Waals surface area contributed by atoms with E-state index in [-0.39, 0.29) is 18.4 Å². The zero-order valence-corrected chi connectivity index (χ0v) is 17.1. The van der Waals surface area contributed by atoms with E-state index in [1.54, 1.807) is 0 Å². The molecule has 0 amide bonds. The van der Waals surface area contributed by atoms with Crippen molar-refractivity contribution >= 4 is 5.97 Å². The number of hydrogen-bond donors (Lipinski definition) is 3. The van der Waals surface area contributed by atoms with Crippen LogP contribution in [0.1, 0.15) is 94.3 Å². The average Bonchev–Trinajstić information content (AvgIpc) is 3.05. The molecule has 1 aromatic carbocycles. The number of aliphatic hydroxyl groups is 2. The Labute approximate surface area is 169 Å². The fourth-order valence-corrected chi connectivity index (χ4v) is 4.27. The summed E-state index contributed by atoms with van der Waals surface area (Å²) in [5.41, 5.74) is 2.11. The first-order valence-electron chi connectivity index (χ1n) is 10.9. The molecule has 0 radical (unpaired) electrons. The van der Waals surface area contributed by atoms with E-state index < -0.39 is 12.1 Å². The predicted molar refractivity (Wildman–Crippen MR) is 112 cm³/mol. The SMILES string of the molecule is CCCCCC(O)c1ccc([C@@H]2[C@@H](CC=CCCCC(=O)O)CC[C@H]2O)cc1. The molecular formula is C24H36O4. The fourth-order valence-electron chi connectivity index (χ4n) is 4.27. The van der Waals surface area contributed by atoms with Crippen LogP contribution in [0.3, 0.4) is 0 Å². The number of benzene rings is 1. The number of aliphatic carboxylic acids is 1. The topological polar surface area (TPSA) is 77.8 Å². The molecule has 1 fully saturated rings. The quantitative estimate of drug-likeness (QED) is 0.333. The van der Waals surface area contributed by atoms with Gasteiger partial charge in [0.25, 0.3) is 0 Å². The number of allylic oxidation sites excluding steroid dienone is 2. The average molecular weight is 389 g/mol. The Kier molecular flexibility index (Phi) is 9.72. The fraction of sp³-hybridized carbons (Fsp3) is 0.625. The van der Waals surface area contributed by atoms with Gasteiger partial charge in [0.05, 0.1) is 12.2 Å². The minimum Gasteiger partial charge on any atom is -0.481 e. The van der Waals surface area contributed by atoms with E-state index in [4.69, 9.17) is 5.11 Å². The van der Waals surface area contributed by atoms with Crippen LogP contribution in [0.4, 0.5) is 0 Å². The molecule has 28 heavy (non-hydrogen) atoms. The molecule has 1 saturated carbocycles. The van der Waals surface area contributed by atoms with Gasteiger partial charge in [0.15, 0.2) is 0 Å². The van der Waals surface area contributed by atoms with Gasteiger partial charge in [-0.05, 0) is 55.6 Å². The van der Waals surface area contributed by atoms with Gasteiger partial charge < -0.3 is 15.3 Å². The monoisotopic (exact) mass is 388 g/mol. The zero-order chi connectivity index (χ0) is 20.4. The van der Waals surface area contributed by atoms with Crippen molar-refractivity contribution in [1.82, 2.24) is 0 Å². The van der Waals surface area contributed by atoms with Crippen molar-refractivity contribution < 1.29 is 20.1 Å². The first kappa shape index (κ1) is 22.6. The van der Waals surface area contributed by atoms with Crippen molar-refractivity contribution in [3.63, 3.8) is 0 Å². The standard InChI is InChI=1S/C24H36O4/c1-2-3-6-10-21(25)18-12-14-20(15-13-18)24-19(16-17-22(24)26)9-7-4-5-8-11-23(27)28/h4,7,12-15,19,21-22,24-26H,2-3,5-6,8-11,16-17H2,1H3,(H,27,28)/t19-,21?,22+,24-/m0/s1. The number of carboxylic acids is 1. The van der Waals surface area contributed by atoms with Crippen molar-refractivity contribution in [2.24, 2.45) is 5.92 Å². The molecule has 4 heteroatoms. The normalized spacial score (nSPS) is 23.3. The first-order valence-corrected chi connectivity index (χ1v) is 10.9. The molecule has 156 valence electrons. The minimum atomic E-state index is -0.744. The highest BCUT2D eigenvalue weighted by Gasteiger charge is 2.35. The number of carboxylic acid groups (broad SMARTS) is 1. The van der Waals surface area contributed by atoms with Gasteiger partial charge in [0.2, 0.25) is 0 Å². The molecular weight excluding hydrogens is 352 g/mol. The van der Waals surface area contributed by atoms with Gasteiger partial charge >= 0.3 is 5.97 Å². The first-order chi connectivity index (χ1) is 13.5. The second-order valence-electron chi connectivity index (χ2n) is 8.10. The second kappa shape index (κ2) is 12.0. The van der Waals surface area contributed by atoms with Crippen LogP contribution in [0.5, 0.6) is 0 Å². The van der Waals surface area contributed by atoms with Gasteiger partial charge in [0.1, 0.15) is 0 Å². The van der Waals surface area contributed by atoms with Gasteiger partial charge in [-0.15, -0.1) is 0 Å². The summed E-state index contributed by atoms with van der Waals surface area (Å²) in [4.78, 5) is 10.5. The van der Waals surface area contributed by atoms with Crippen molar-refractivity contribution in [3.8, 4) is 0 Å². The summed E-state index contributed by atoms with van der Waals surface area (Å²) in [6, 6.07) is 8.16. The van der Waals surface area contributed by atoms with Gasteiger partial charge in [-0.1, -0.05) is 62.6 Å². The van der Waals surface area contributed by atoms with E-state index in [1.165, 1.54) is 0 Å². The minimum absolute atomic E-state index is 0.134. The number of unbranched alkanes of at least 4 members (excludes halogenated alkanes) is 3. The Balaban J connectivity index is 1.90. The molecule has 0 bridgehead atoms. The van der Waals surface area contributed by atoms with E-state index in [2.05, 4.69) is 31.2 Å². The Bertz CT molecular complexity index is 608. The summed E-state index contributed by atoms with van der Waals surface area (Å²) in [6.45, 7) is 2.16. The Hall–Kier alpha value is -1.65. The summed E-state index contributed by atoms with van der Waals surface area (Å²) in [5, 5.41) is 29.5. The molecule has 3 N–H and O–H groups in total. The molecule has 1 unspecified atom stereocenters.